The molecule has 0 bridgehead atoms. The van der Waals surface area contributed by atoms with Crippen LogP contribution in [0.5, 0.6) is 5.75 Å². The van der Waals surface area contributed by atoms with Gasteiger partial charge in [-0.15, -0.1) is 0 Å². The van der Waals surface area contributed by atoms with E-state index in [0.29, 0.717) is 28.7 Å². The molecule has 0 amide bonds. The minimum absolute atomic E-state index is 0.226. The highest BCUT2D eigenvalue weighted by atomic mass is 16.5. The third-order valence-corrected chi connectivity index (χ3v) is 4.92. The van der Waals surface area contributed by atoms with Crippen molar-refractivity contribution in [3.63, 3.8) is 0 Å². The number of ether oxygens (including phenoxy) is 2. The van der Waals surface area contributed by atoms with Gasteiger partial charge >= 0.3 is 11.9 Å². The van der Waals surface area contributed by atoms with Crippen LogP contribution in [0.2, 0.25) is 0 Å². The van der Waals surface area contributed by atoms with Crippen molar-refractivity contribution in [3.8, 4) is 5.75 Å². The minimum atomic E-state index is -0.516. The van der Waals surface area contributed by atoms with Crippen molar-refractivity contribution in [2.75, 3.05) is 6.61 Å². The highest BCUT2D eigenvalue weighted by Crippen LogP contribution is 2.30. The molecule has 0 unspecified atom stereocenters. The zero-order valence-electron chi connectivity index (χ0n) is 17.4. The first-order valence-corrected chi connectivity index (χ1v) is 10.1. The Morgan fingerprint density at radius 1 is 0.903 bits per heavy atom. The lowest BCUT2D eigenvalue weighted by Crippen LogP contribution is -2.11. The van der Waals surface area contributed by atoms with Crippen LogP contribution >= 0.6 is 0 Å². The van der Waals surface area contributed by atoms with Crippen molar-refractivity contribution < 1.29 is 19.1 Å². The molecule has 0 N–H and O–H groups in total. The Morgan fingerprint density at radius 2 is 1.58 bits per heavy atom. The molecule has 0 saturated heterocycles. The summed E-state index contributed by atoms with van der Waals surface area (Å²) in [4.78, 5) is 29.8. The molecule has 0 aliphatic heterocycles. The molecule has 156 valence electrons. The number of hydrogen-bond donors (Lipinski definition) is 0. The molecule has 4 aromatic rings. The van der Waals surface area contributed by atoms with Crippen molar-refractivity contribution >= 4 is 23.0 Å². The van der Waals surface area contributed by atoms with E-state index in [2.05, 4.69) is 4.98 Å². The average molecular weight is 414 g/mol. The van der Waals surface area contributed by atoms with Gasteiger partial charge in [-0.2, -0.15) is 0 Å². The Morgan fingerprint density at radius 3 is 2.26 bits per heavy atom. The molecule has 31 heavy (non-hydrogen) atoms. The van der Waals surface area contributed by atoms with Crippen LogP contribution in [-0.4, -0.2) is 28.1 Å². The van der Waals surface area contributed by atoms with Gasteiger partial charge < -0.3 is 14.0 Å². The fourth-order valence-electron chi connectivity index (χ4n) is 3.42. The Bertz CT molecular complexity index is 1230. The zero-order valence-corrected chi connectivity index (χ0v) is 17.4. The van der Waals surface area contributed by atoms with Crippen LogP contribution in [-0.2, 0) is 11.3 Å². The van der Waals surface area contributed by atoms with Crippen molar-refractivity contribution in [2.24, 2.45) is 0 Å². The van der Waals surface area contributed by atoms with E-state index in [4.69, 9.17) is 9.47 Å². The number of aryl methyl sites for hydroxylation is 1. The largest absolute Gasteiger partial charge is 0.462 e. The standard InChI is InChI=1S/C25H22N2O4/c1-3-30-24(28)20-14-21-23(22(15-20)31-25(29)19-12-8-5-9-13-19)26-17(2)27(21)16-18-10-6-4-7-11-18/h4-15H,3,16H2,1-2H3. The number of nitrogens with zero attached hydrogens (tertiary/aromatic N) is 2. The number of rotatable bonds is 6. The van der Waals surface area contributed by atoms with Gasteiger partial charge in [-0.1, -0.05) is 48.5 Å². The number of fused-ring (bicyclic) bond motifs is 1. The maximum Gasteiger partial charge on any atom is 0.343 e. The van der Waals surface area contributed by atoms with Crippen LogP contribution in [0.3, 0.4) is 0 Å². The van der Waals surface area contributed by atoms with Crippen LogP contribution in [0, 0.1) is 6.92 Å². The molecule has 0 saturated carbocycles. The highest BCUT2D eigenvalue weighted by molar-refractivity contribution is 5.98. The first kappa shape index (κ1) is 20.3. The van der Waals surface area contributed by atoms with Gasteiger partial charge in [0.15, 0.2) is 5.75 Å². The number of carbonyl (C=O) groups excluding carboxylic acids is 2. The first-order valence-electron chi connectivity index (χ1n) is 10.1. The second-order valence-corrected chi connectivity index (χ2v) is 7.05. The summed E-state index contributed by atoms with van der Waals surface area (Å²) in [6, 6.07) is 21.9. The minimum Gasteiger partial charge on any atom is -0.462 e. The topological polar surface area (TPSA) is 70.4 Å². The monoisotopic (exact) mass is 414 g/mol. The second-order valence-electron chi connectivity index (χ2n) is 7.05. The summed E-state index contributed by atoms with van der Waals surface area (Å²) in [5.74, 6) is -0.0223. The number of aromatic nitrogens is 2. The molecule has 3 aromatic carbocycles. The second kappa shape index (κ2) is 8.83. The molecule has 0 fully saturated rings. The van der Waals surface area contributed by atoms with E-state index in [1.165, 1.54) is 6.07 Å². The van der Waals surface area contributed by atoms with Crippen molar-refractivity contribution in [3.05, 3.63) is 95.3 Å². The SMILES string of the molecule is CCOC(=O)c1cc(OC(=O)c2ccccc2)c2nc(C)n(Cc3ccccc3)c2c1. The number of benzene rings is 3. The number of hydrogen-bond acceptors (Lipinski definition) is 5. The van der Waals surface area contributed by atoms with Crippen LogP contribution in [0.15, 0.2) is 72.8 Å². The molecule has 6 heteroatoms. The van der Waals surface area contributed by atoms with E-state index < -0.39 is 11.9 Å². The molecule has 0 aliphatic rings. The smallest absolute Gasteiger partial charge is 0.343 e. The first-order chi connectivity index (χ1) is 15.1. The van der Waals surface area contributed by atoms with E-state index in [9.17, 15) is 9.59 Å². The van der Waals surface area contributed by atoms with Gasteiger partial charge in [0.2, 0.25) is 0 Å². The predicted molar refractivity (Wildman–Crippen MR) is 117 cm³/mol. The summed E-state index contributed by atoms with van der Waals surface area (Å²) in [6.45, 7) is 4.45. The number of imidazole rings is 1. The van der Waals surface area contributed by atoms with Crippen LogP contribution in [0.4, 0.5) is 0 Å². The normalized spacial score (nSPS) is 10.8. The molecular formula is C25H22N2O4. The van der Waals surface area contributed by atoms with Crippen LogP contribution in [0.25, 0.3) is 11.0 Å². The molecule has 0 atom stereocenters. The lowest BCUT2D eigenvalue weighted by molar-refractivity contribution is 0.0524. The van der Waals surface area contributed by atoms with Gasteiger partial charge in [0, 0.05) is 6.54 Å². The number of carbonyl (C=O) groups is 2. The summed E-state index contributed by atoms with van der Waals surface area (Å²) >= 11 is 0. The molecule has 0 spiro atoms. The maximum absolute atomic E-state index is 12.7. The van der Waals surface area contributed by atoms with E-state index >= 15 is 0 Å². The van der Waals surface area contributed by atoms with Gasteiger partial charge in [-0.25, -0.2) is 14.6 Å². The van der Waals surface area contributed by atoms with Gasteiger partial charge in [0.1, 0.15) is 11.3 Å². The Hall–Kier alpha value is -3.93. The maximum atomic E-state index is 12.7. The molecule has 6 nitrogen and oxygen atoms in total. The van der Waals surface area contributed by atoms with Crippen molar-refractivity contribution in [1.29, 1.82) is 0 Å². The van der Waals surface area contributed by atoms with Crippen molar-refractivity contribution in [1.82, 2.24) is 9.55 Å². The fraction of sp³-hybridized carbons (Fsp3) is 0.160. The van der Waals surface area contributed by atoms with E-state index in [0.717, 1.165) is 11.4 Å². The summed E-state index contributed by atoms with van der Waals surface area (Å²) in [7, 11) is 0. The molecule has 1 aromatic heterocycles. The van der Waals surface area contributed by atoms with Crippen LogP contribution < -0.4 is 4.74 Å². The third-order valence-electron chi connectivity index (χ3n) is 4.92. The molecule has 0 radical (unpaired) electrons. The lowest BCUT2D eigenvalue weighted by Gasteiger charge is -2.10. The Labute approximate surface area is 180 Å². The Kier molecular flexibility index (Phi) is 5.80. The summed E-state index contributed by atoms with van der Waals surface area (Å²) in [5.41, 5.74) is 3.03. The number of esters is 2. The Balaban J connectivity index is 1.81. The summed E-state index contributed by atoms with van der Waals surface area (Å²) in [6.07, 6.45) is 0. The van der Waals surface area contributed by atoms with E-state index in [1.54, 1.807) is 37.3 Å². The lowest BCUT2D eigenvalue weighted by atomic mass is 10.1. The zero-order chi connectivity index (χ0) is 21.8. The van der Waals surface area contributed by atoms with E-state index in [1.807, 2.05) is 47.9 Å². The van der Waals surface area contributed by atoms with Gasteiger partial charge in [0.25, 0.3) is 0 Å². The highest BCUT2D eigenvalue weighted by Gasteiger charge is 2.20. The predicted octanol–water partition coefficient (Wildman–Crippen LogP) is 4.79. The fourth-order valence-corrected chi connectivity index (χ4v) is 3.42. The third kappa shape index (κ3) is 4.33. The van der Waals surface area contributed by atoms with Gasteiger partial charge in [-0.3, -0.25) is 0 Å². The summed E-state index contributed by atoms with van der Waals surface area (Å²) < 4.78 is 12.8. The molecule has 1 heterocycles. The van der Waals surface area contributed by atoms with Gasteiger partial charge in [0.05, 0.1) is 23.3 Å². The van der Waals surface area contributed by atoms with E-state index in [-0.39, 0.29) is 12.4 Å². The van der Waals surface area contributed by atoms with Crippen LogP contribution in [0.1, 0.15) is 39.0 Å². The van der Waals surface area contributed by atoms with Crippen molar-refractivity contribution in [2.45, 2.75) is 20.4 Å². The van der Waals surface area contributed by atoms with Gasteiger partial charge in [-0.05, 0) is 43.7 Å². The average Bonchev–Trinajstić information content (AvgIpc) is 3.10. The summed E-state index contributed by atoms with van der Waals surface area (Å²) in [5, 5.41) is 0. The quantitative estimate of drug-likeness (QED) is 0.335. The molecule has 0 aliphatic carbocycles. The molecule has 4 rings (SSSR count). The molecular weight excluding hydrogens is 392 g/mol.